The van der Waals surface area contributed by atoms with Crippen molar-refractivity contribution in [2.75, 3.05) is 6.54 Å². The molecule has 1 aromatic carbocycles. The number of rotatable bonds is 6. The highest BCUT2D eigenvalue weighted by Gasteiger charge is 2.29. The number of hydrogen-bond donors (Lipinski definition) is 1. The van der Waals surface area contributed by atoms with Crippen LogP contribution < -0.4 is 0 Å². The van der Waals surface area contributed by atoms with Gasteiger partial charge in [0.25, 0.3) is 0 Å². The van der Waals surface area contributed by atoms with Crippen molar-refractivity contribution in [2.24, 2.45) is 5.92 Å². The predicted octanol–water partition coefficient (Wildman–Crippen LogP) is 4.62. The highest BCUT2D eigenvalue weighted by atomic mass is 15.2. The van der Waals surface area contributed by atoms with Crippen LogP contribution in [0.4, 0.5) is 0 Å². The molecule has 0 atom stereocenters. The molecule has 1 heterocycles. The molecule has 1 N–H and O–H groups in total. The van der Waals surface area contributed by atoms with Gasteiger partial charge in [-0.15, -0.1) is 0 Å². The van der Waals surface area contributed by atoms with E-state index in [1.165, 1.54) is 57.1 Å². The number of benzene rings is 1. The van der Waals surface area contributed by atoms with Crippen molar-refractivity contribution < 1.29 is 0 Å². The van der Waals surface area contributed by atoms with Crippen LogP contribution in [0, 0.1) is 5.92 Å². The number of nitrogens with one attached hydrogen (secondary N) is 1. The third-order valence-electron chi connectivity index (χ3n) is 5.35. The molecule has 2 aromatic rings. The summed E-state index contributed by atoms with van der Waals surface area (Å²) >= 11 is 0. The summed E-state index contributed by atoms with van der Waals surface area (Å²) in [6, 6.07) is 11.3. The lowest BCUT2D eigenvalue weighted by Gasteiger charge is -2.33. The van der Waals surface area contributed by atoms with Crippen molar-refractivity contribution in [3.8, 4) is 11.3 Å². The summed E-state index contributed by atoms with van der Waals surface area (Å²) in [5.41, 5.74) is 2.35. The predicted molar refractivity (Wildman–Crippen MR) is 94.0 cm³/mol. The van der Waals surface area contributed by atoms with E-state index in [1.54, 1.807) is 0 Å². The third kappa shape index (κ3) is 3.84. The average molecular weight is 309 g/mol. The molecule has 2 aliphatic carbocycles. The number of aromatic nitrogens is 2. The molecule has 0 saturated heterocycles. The van der Waals surface area contributed by atoms with Gasteiger partial charge in [-0.3, -0.25) is 4.90 Å². The van der Waals surface area contributed by atoms with Crippen LogP contribution >= 0.6 is 0 Å². The van der Waals surface area contributed by atoms with Gasteiger partial charge in [0, 0.05) is 12.6 Å². The summed E-state index contributed by atoms with van der Waals surface area (Å²) in [5.74, 6) is 2.07. The third-order valence-corrected chi connectivity index (χ3v) is 5.35. The molecule has 4 rings (SSSR count). The van der Waals surface area contributed by atoms with E-state index in [2.05, 4.69) is 45.2 Å². The van der Waals surface area contributed by atoms with Crippen molar-refractivity contribution in [3.63, 3.8) is 0 Å². The summed E-state index contributed by atoms with van der Waals surface area (Å²) in [6.45, 7) is 2.25. The molecular formula is C20H27N3. The van der Waals surface area contributed by atoms with Gasteiger partial charge in [0.2, 0.25) is 0 Å². The molecule has 0 aliphatic heterocycles. The Bertz CT molecular complexity index is 609. The van der Waals surface area contributed by atoms with Gasteiger partial charge in [-0.05, 0) is 37.2 Å². The number of imidazole rings is 1. The van der Waals surface area contributed by atoms with Gasteiger partial charge in [0.05, 0.1) is 18.4 Å². The summed E-state index contributed by atoms with van der Waals surface area (Å²) in [7, 11) is 0. The minimum Gasteiger partial charge on any atom is -0.341 e. The lowest BCUT2D eigenvalue weighted by atomic mass is 9.94. The number of aromatic amines is 1. The number of H-pyrrole nitrogens is 1. The molecule has 2 aliphatic rings. The minimum atomic E-state index is 0.773. The molecule has 122 valence electrons. The van der Waals surface area contributed by atoms with Gasteiger partial charge >= 0.3 is 0 Å². The van der Waals surface area contributed by atoms with E-state index in [0.717, 1.165) is 30.0 Å². The first kappa shape index (κ1) is 14.9. The van der Waals surface area contributed by atoms with Crippen molar-refractivity contribution in [1.29, 1.82) is 0 Å². The van der Waals surface area contributed by atoms with Gasteiger partial charge < -0.3 is 4.98 Å². The van der Waals surface area contributed by atoms with Crippen molar-refractivity contribution >= 4 is 0 Å². The molecule has 0 bridgehead atoms. The second-order valence-electron chi connectivity index (χ2n) is 7.27. The zero-order chi connectivity index (χ0) is 15.5. The fraction of sp³-hybridized carbons (Fsp3) is 0.550. The topological polar surface area (TPSA) is 31.9 Å². The van der Waals surface area contributed by atoms with Crippen molar-refractivity contribution in [1.82, 2.24) is 14.9 Å². The minimum absolute atomic E-state index is 0.773. The Labute approximate surface area is 139 Å². The summed E-state index contributed by atoms with van der Waals surface area (Å²) < 4.78 is 0. The molecule has 3 heteroatoms. The fourth-order valence-electron chi connectivity index (χ4n) is 3.82. The summed E-state index contributed by atoms with van der Waals surface area (Å²) in [4.78, 5) is 10.9. The van der Waals surface area contributed by atoms with Crippen LogP contribution in [-0.4, -0.2) is 27.5 Å². The lowest BCUT2D eigenvalue weighted by Crippen LogP contribution is -2.38. The Morgan fingerprint density at radius 2 is 1.78 bits per heavy atom. The molecule has 2 fully saturated rings. The highest BCUT2D eigenvalue weighted by molar-refractivity contribution is 5.57. The van der Waals surface area contributed by atoms with Gasteiger partial charge in [-0.2, -0.15) is 0 Å². The first-order valence-corrected chi connectivity index (χ1v) is 9.22. The Morgan fingerprint density at radius 1 is 1.00 bits per heavy atom. The van der Waals surface area contributed by atoms with Crippen LogP contribution in [0.5, 0.6) is 0 Å². The van der Waals surface area contributed by atoms with Gasteiger partial charge in [0.15, 0.2) is 0 Å². The van der Waals surface area contributed by atoms with E-state index in [1.807, 2.05) is 6.20 Å². The lowest BCUT2D eigenvalue weighted by molar-refractivity contribution is 0.138. The normalized spacial score (nSPS) is 19.3. The number of hydrogen-bond acceptors (Lipinski definition) is 2. The molecule has 23 heavy (non-hydrogen) atoms. The smallest absolute Gasteiger partial charge is 0.120 e. The zero-order valence-electron chi connectivity index (χ0n) is 13.9. The van der Waals surface area contributed by atoms with E-state index < -0.39 is 0 Å². The number of nitrogens with zero attached hydrogens (tertiary/aromatic N) is 2. The standard InChI is InChI=1S/C20H27N3/c1-3-7-17(8-4-1)19-13-21-20(22-19)15-23(14-16-11-12-16)18-9-5-2-6-10-18/h1,3-4,7-8,13,16,18H,2,5-6,9-12,14-15H2,(H,21,22). The van der Waals surface area contributed by atoms with E-state index in [-0.39, 0.29) is 0 Å². The monoisotopic (exact) mass is 309 g/mol. The Balaban J connectivity index is 1.46. The largest absolute Gasteiger partial charge is 0.341 e. The molecule has 0 spiro atoms. The Morgan fingerprint density at radius 3 is 2.52 bits per heavy atom. The highest BCUT2D eigenvalue weighted by Crippen LogP contribution is 2.33. The van der Waals surface area contributed by atoms with E-state index in [0.29, 0.717) is 0 Å². The SMILES string of the molecule is c1ccc(-c2cnc(CN(CC3CC3)C3CCCCC3)[nH]2)cc1. The van der Waals surface area contributed by atoms with Crippen LogP contribution in [0.1, 0.15) is 50.8 Å². The van der Waals surface area contributed by atoms with Crippen LogP contribution in [0.15, 0.2) is 36.5 Å². The molecule has 0 unspecified atom stereocenters. The molecule has 2 saturated carbocycles. The van der Waals surface area contributed by atoms with Crippen molar-refractivity contribution in [3.05, 3.63) is 42.4 Å². The molecular weight excluding hydrogens is 282 g/mol. The maximum Gasteiger partial charge on any atom is 0.120 e. The van der Waals surface area contributed by atoms with Gasteiger partial charge in [0.1, 0.15) is 5.82 Å². The molecule has 0 amide bonds. The molecule has 0 radical (unpaired) electrons. The van der Waals surface area contributed by atoms with Crippen LogP contribution in [0.2, 0.25) is 0 Å². The van der Waals surface area contributed by atoms with E-state index in [9.17, 15) is 0 Å². The Kier molecular flexibility index (Phi) is 4.47. The quantitative estimate of drug-likeness (QED) is 0.844. The zero-order valence-corrected chi connectivity index (χ0v) is 13.9. The maximum absolute atomic E-state index is 4.66. The van der Waals surface area contributed by atoms with E-state index >= 15 is 0 Å². The average Bonchev–Trinajstić information content (AvgIpc) is 3.31. The second-order valence-corrected chi connectivity index (χ2v) is 7.27. The van der Waals surface area contributed by atoms with Crippen molar-refractivity contribution in [2.45, 2.75) is 57.5 Å². The summed E-state index contributed by atoms with van der Waals surface area (Å²) in [5, 5.41) is 0. The first-order valence-electron chi connectivity index (χ1n) is 9.22. The van der Waals surface area contributed by atoms with Crippen LogP contribution in [0.3, 0.4) is 0 Å². The van der Waals surface area contributed by atoms with Gasteiger partial charge in [-0.25, -0.2) is 4.98 Å². The first-order chi connectivity index (χ1) is 11.4. The second kappa shape index (κ2) is 6.88. The maximum atomic E-state index is 4.66. The summed E-state index contributed by atoms with van der Waals surface area (Å²) in [6.07, 6.45) is 11.8. The molecule has 3 nitrogen and oxygen atoms in total. The molecule has 1 aromatic heterocycles. The van der Waals surface area contributed by atoms with Crippen LogP contribution in [-0.2, 0) is 6.54 Å². The van der Waals surface area contributed by atoms with E-state index in [4.69, 9.17) is 0 Å². The Hall–Kier alpha value is -1.61. The van der Waals surface area contributed by atoms with Crippen LogP contribution in [0.25, 0.3) is 11.3 Å². The fourth-order valence-corrected chi connectivity index (χ4v) is 3.82. The van der Waals surface area contributed by atoms with Gasteiger partial charge in [-0.1, -0.05) is 49.6 Å².